The third kappa shape index (κ3) is 1.80. The molecule has 1 saturated carbocycles. The molecule has 0 saturated heterocycles. The molecule has 2 aromatic rings. The number of nitrogens with zero attached hydrogens (tertiary/aromatic N) is 3. The van der Waals surface area contributed by atoms with Gasteiger partial charge in [-0.3, -0.25) is 4.57 Å². The molecule has 1 aromatic carbocycles. The molecule has 0 bridgehead atoms. The van der Waals surface area contributed by atoms with Gasteiger partial charge in [0.05, 0.1) is 5.69 Å². The van der Waals surface area contributed by atoms with Crippen molar-refractivity contribution in [3.63, 3.8) is 0 Å². The number of halogens is 3. The van der Waals surface area contributed by atoms with E-state index in [0.717, 1.165) is 18.9 Å². The molecule has 0 amide bonds. The number of aromatic nitrogens is 3. The van der Waals surface area contributed by atoms with Crippen molar-refractivity contribution in [3.05, 3.63) is 40.9 Å². The van der Waals surface area contributed by atoms with Crippen LogP contribution in [0.1, 0.15) is 24.6 Å². The van der Waals surface area contributed by atoms with Crippen LogP contribution in [0.4, 0.5) is 8.78 Å². The van der Waals surface area contributed by atoms with Gasteiger partial charge in [-0.05, 0) is 36.6 Å². The van der Waals surface area contributed by atoms with E-state index in [4.69, 9.17) is 11.6 Å². The summed E-state index contributed by atoms with van der Waals surface area (Å²) in [6.45, 7) is 0. The molecule has 88 valence electrons. The van der Waals surface area contributed by atoms with Crippen molar-refractivity contribution < 1.29 is 8.78 Å². The van der Waals surface area contributed by atoms with Crippen LogP contribution in [0.3, 0.4) is 0 Å². The van der Waals surface area contributed by atoms with Gasteiger partial charge in [-0.1, -0.05) is 0 Å². The third-order valence-electron chi connectivity index (χ3n) is 2.74. The fourth-order valence-electron chi connectivity index (χ4n) is 1.77. The Labute approximate surface area is 101 Å². The van der Waals surface area contributed by atoms with Crippen LogP contribution in [-0.4, -0.2) is 14.8 Å². The minimum atomic E-state index is -0.673. The Morgan fingerprint density at radius 1 is 1.24 bits per heavy atom. The number of hydrogen-bond acceptors (Lipinski definition) is 2. The SMILES string of the molecule is Fc1ccc(-n2c(Cl)nnc2C2CC2)c(F)c1. The molecule has 1 fully saturated rings. The Hall–Kier alpha value is -1.49. The van der Waals surface area contributed by atoms with Crippen LogP contribution in [0.5, 0.6) is 0 Å². The summed E-state index contributed by atoms with van der Waals surface area (Å²) in [7, 11) is 0. The van der Waals surface area contributed by atoms with E-state index in [2.05, 4.69) is 10.2 Å². The Kier molecular flexibility index (Phi) is 2.36. The topological polar surface area (TPSA) is 30.7 Å². The average Bonchev–Trinajstić information content (AvgIpc) is 3.04. The van der Waals surface area contributed by atoms with Crippen LogP contribution < -0.4 is 0 Å². The highest BCUT2D eigenvalue weighted by molar-refractivity contribution is 6.28. The first-order valence-corrected chi connectivity index (χ1v) is 5.61. The first-order chi connectivity index (χ1) is 8.16. The fraction of sp³-hybridized carbons (Fsp3) is 0.273. The van der Waals surface area contributed by atoms with Crippen molar-refractivity contribution in [2.75, 3.05) is 0 Å². The van der Waals surface area contributed by atoms with Gasteiger partial charge in [-0.15, -0.1) is 10.2 Å². The smallest absolute Gasteiger partial charge is 0.229 e. The van der Waals surface area contributed by atoms with Crippen molar-refractivity contribution in [3.8, 4) is 5.69 Å². The molecule has 0 atom stereocenters. The molecule has 17 heavy (non-hydrogen) atoms. The second-order valence-corrected chi connectivity index (χ2v) is 4.37. The highest BCUT2D eigenvalue weighted by atomic mass is 35.5. The second kappa shape index (κ2) is 3.77. The quantitative estimate of drug-likeness (QED) is 0.826. The van der Waals surface area contributed by atoms with Crippen molar-refractivity contribution in [1.29, 1.82) is 0 Å². The van der Waals surface area contributed by atoms with E-state index in [-0.39, 0.29) is 16.9 Å². The van der Waals surface area contributed by atoms with E-state index < -0.39 is 11.6 Å². The van der Waals surface area contributed by atoms with Crippen LogP contribution in [0.25, 0.3) is 5.69 Å². The third-order valence-corrected chi connectivity index (χ3v) is 2.99. The normalized spacial score (nSPS) is 15.2. The summed E-state index contributed by atoms with van der Waals surface area (Å²) < 4.78 is 28.0. The van der Waals surface area contributed by atoms with Crippen molar-refractivity contribution >= 4 is 11.6 Å². The maximum Gasteiger partial charge on any atom is 0.229 e. The van der Waals surface area contributed by atoms with Crippen molar-refractivity contribution in [2.45, 2.75) is 18.8 Å². The highest BCUT2D eigenvalue weighted by Crippen LogP contribution is 2.40. The lowest BCUT2D eigenvalue weighted by Crippen LogP contribution is -2.03. The summed E-state index contributed by atoms with van der Waals surface area (Å²) in [6, 6.07) is 3.35. The second-order valence-electron chi connectivity index (χ2n) is 4.03. The highest BCUT2D eigenvalue weighted by Gasteiger charge is 2.31. The first kappa shape index (κ1) is 10.7. The molecule has 3 nitrogen and oxygen atoms in total. The Morgan fingerprint density at radius 2 is 2.00 bits per heavy atom. The first-order valence-electron chi connectivity index (χ1n) is 5.23. The van der Waals surface area contributed by atoms with Gasteiger partial charge in [0.2, 0.25) is 5.28 Å². The van der Waals surface area contributed by atoms with Gasteiger partial charge in [-0.2, -0.15) is 0 Å². The lowest BCUT2D eigenvalue weighted by molar-refractivity contribution is 0.576. The summed E-state index contributed by atoms with van der Waals surface area (Å²) in [4.78, 5) is 0. The predicted octanol–water partition coefficient (Wildman–Crippen LogP) is 3.08. The minimum absolute atomic E-state index is 0.0948. The molecule has 0 radical (unpaired) electrons. The van der Waals surface area contributed by atoms with Gasteiger partial charge in [0.25, 0.3) is 0 Å². The summed E-state index contributed by atoms with van der Waals surface area (Å²) in [5.74, 6) is -0.378. The van der Waals surface area contributed by atoms with Crippen LogP contribution >= 0.6 is 11.6 Å². The van der Waals surface area contributed by atoms with Crippen LogP contribution in [0, 0.1) is 11.6 Å². The Morgan fingerprint density at radius 3 is 2.65 bits per heavy atom. The van der Waals surface area contributed by atoms with E-state index in [9.17, 15) is 8.78 Å². The molecular formula is C11H8ClF2N3. The van der Waals surface area contributed by atoms with E-state index in [0.29, 0.717) is 5.82 Å². The molecule has 0 N–H and O–H groups in total. The van der Waals surface area contributed by atoms with Gasteiger partial charge < -0.3 is 0 Å². The van der Waals surface area contributed by atoms with Crippen LogP contribution in [0.2, 0.25) is 5.28 Å². The molecule has 1 aromatic heterocycles. The van der Waals surface area contributed by atoms with Crippen LogP contribution in [0.15, 0.2) is 18.2 Å². The fourth-order valence-corrected chi connectivity index (χ4v) is 1.98. The lowest BCUT2D eigenvalue weighted by atomic mass is 10.2. The molecule has 1 aliphatic carbocycles. The molecule has 0 spiro atoms. The van der Waals surface area contributed by atoms with Crippen molar-refractivity contribution in [1.82, 2.24) is 14.8 Å². The van der Waals surface area contributed by atoms with E-state index in [1.54, 1.807) is 0 Å². The monoisotopic (exact) mass is 255 g/mol. The predicted molar refractivity (Wildman–Crippen MR) is 58.3 cm³/mol. The van der Waals surface area contributed by atoms with E-state index in [1.165, 1.54) is 16.7 Å². The zero-order valence-corrected chi connectivity index (χ0v) is 9.46. The minimum Gasteiger partial charge on any atom is -0.267 e. The standard InChI is InChI=1S/C11H8ClF2N3/c12-11-16-15-10(6-1-2-6)17(11)9-4-3-7(13)5-8(9)14/h3-6H,1-2H2. The zero-order chi connectivity index (χ0) is 12.0. The maximum atomic E-state index is 13.7. The number of hydrogen-bond donors (Lipinski definition) is 0. The Bertz CT molecular complexity index is 578. The van der Waals surface area contributed by atoms with Gasteiger partial charge >= 0.3 is 0 Å². The van der Waals surface area contributed by atoms with Gasteiger partial charge in [0.1, 0.15) is 17.5 Å². The summed E-state index contributed by atoms with van der Waals surface area (Å²) in [6.07, 6.45) is 2.00. The molecule has 6 heteroatoms. The number of benzene rings is 1. The van der Waals surface area contributed by atoms with Gasteiger partial charge in [0.15, 0.2) is 0 Å². The molecule has 0 unspecified atom stereocenters. The summed E-state index contributed by atoms with van der Waals surface area (Å²) >= 11 is 5.89. The van der Waals surface area contributed by atoms with Crippen molar-refractivity contribution in [2.24, 2.45) is 0 Å². The molecule has 3 rings (SSSR count). The van der Waals surface area contributed by atoms with E-state index in [1.807, 2.05) is 0 Å². The van der Waals surface area contributed by atoms with Crippen LogP contribution in [-0.2, 0) is 0 Å². The largest absolute Gasteiger partial charge is 0.267 e. The summed E-state index contributed by atoms with van der Waals surface area (Å²) in [5.41, 5.74) is 0.184. The van der Waals surface area contributed by atoms with Gasteiger partial charge in [-0.25, -0.2) is 8.78 Å². The Balaban J connectivity index is 2.16. The summed E-state index contributed by atoms with van der Waals surface area (Å²) in [5, 5.41) is 7.77. The zero-order valence-electron chi connectivity index (χ0n) is 8.70. The maximum absolute atomic E-state index is 13.7. The van der Waals surface area contributed by atoms with Gasteiger partial charge in [0, 0.05) is 12.0 Å². The molecular weight excluding hydrogens is 248 g/mol. The lowest BCUT2D eigenvalue weighted by Gasteiger charge is -2.08. The molecule has 1 heterocycles. The van der Waals surface area contributed by atoms with E-state index >= 15 is 0 Å². The molecule has 1 aliphatic rings. The number of rotatable bonds is 2. The average molecular weight is 256 g/mol. The molecule has 0 aliphatic heterocycles.